The molecule has 1 N–H and O–H groups in total. The molecule has 8 nitrogen and oxygen atoms in total. The Morgan fingerprint density at radius 1 is 1.55 bits per heavy atom. The first-order chi connectivity index (χ1) is 9.29. The Morgan fingerprint density at radius 2 is 2.15 bits per heavy atom. The number of rotatable bonds is 6. The summed E-state index contributed by atoms with van der Waals surface area (Å²) in [6.07, 6.45) is 0. The normalized spacial score (nSPS) is 10.7. The predicted octanol–water partition coefficient (Wildman–Crippen LogP) is 1.34. The summed E-state index contributed by atoms with van der Waals surface area (Å²) in [5.41, 5.74) is 0.353. The molecule has 0 aliphatic heterocycles. The van der Waals surface area contributed by atoms with Crippen LogP contribution in [0.5, 0.6) is 0 Å². The van der Waals surface area contributed by atoms with Crippen LogP contribution >= 0.6 is 0 Å². The number of anilines is 1. The summed E-state index contributed by atoms with van der Waals surface area (Å²) in [7, 11) is 3.30. The highest BCUT2D eigenvalue weighted by Gasteiger charge is 2.28. The van der Waals surface area contributed by atoms with Gasteiger partial charge in [0, 0.05) is 26.6 Å². The van der Waals surface area contributed by atoms with Crippen molar-refractivity contribution in [1.29, 1.82) is 0 Å². The highest BCUT2D eigenvalue weighted by atomic mass is 16.6. The van der Waals surface area contributed by atoms with Crippen molar-refractivity contribution >= 4 is 17.4 Å². The standard InChI is InChI=1S/C12H21N5O3/c1-6-15(4)9(18)7-13-12-11(17(19)20)10(8(2)3)14-16(12)5/h8,13H,6-7H2,1-5H3. The molecule has 1 amide bonds. The van der Waals surface area contributed by atoms with Crippen LogP contribution in [0.1, 0.15) is 32.4 Å². The first kappa shape index (κ1) is 15.9. The Morgan fingerprint density at radius 3 is 2.60 bits per heavy atom. The van der Waals surface area contributed by atoms with Crippen molar-refractivity contribution in [1.82, 2.24) is 14.7 Å². The van der Waals surface area contributed by atoms with E-state index in [0.29, 0.717) is 12.2 Å². The number of likely N-dealkylation sites (N-methyl/N-ethyl adjacent to an activating group) is 1. The third kappa shape index (κ3) is 3.25. The van der Waals surface area contributed by atoms with E-state index in [1.807, 2.05) is 20.8 Å². The van der Waals surface area contributed by atoms with Crippen LogP contribution in [-0.4, -0.2) is 45.6 Å². The summed E-state index contributed by atoms with van der Waals surface area (Å²) in [4.78, 5) is 24.0. The quantitative estimate of drug-likeness (QED) is 0.628. The van der Waals surface area contributed by atoms with Crippen LogP contribution in [0, 0.1) is 10.1 Å². The van der Waals surface area contributed by atoms with Gasteiger partial charge in [0.2, 0.25) is 11.7 Å². The Labute approximate surface area is 117 Å². The lowest BCUT2D eigenvalue weighted by molar-refractivity contribution is -0.384. The molecule has 0 radical (unpaired) electrons. The van der Waals surface area contributed by atoms with Crippen LogP contribution < -0.4 is 5.32 Å². The molecule has 8 heteroatoms. The van der Waals surface area contributed by atoms with Crippen molar-refractivity contribution in [2.24, 2.45) is 7.05 Å². The van der Waals surface area contributed by atoms with E-state index in [-0.39, 0.29) is 29.9 Å². The van der Waals surface area contributed by atoms with Gasteiger partial charge in [-0.15, -0.1) is 0 Å². The molecule has 0 fully saturated rings. The zero-order chi connectivity index (χ0) is 15.4. The van der Waals surface area contributed by atoms with Crippen LogP contribution in [0.15, 0.2) is 0 Å². The van der Waals surface area contributed by atoms with E-state index in [1.54, 1.807) is 19.0 Å². The Balaban J connectivity index is 3.00. The topological polar surface area (TPSA) is 93.3 Å². The third-order valence-corrected chi connectivity index (χ3v) is 3.08. The fourth-order valence-electron chi connectivity index (χ4n) is 1.77. The Bertz CT molecular complexity index is 509. The number of carbonyl (C=O) groups excluding carboxylic acids is 1. The van der Waals surface area contributed by atoms with Gasteiger partial charge in [-0.1, -0.05) is 13.8 Å². The average Bonchev–Trinajstić information content (AvgIpc) is 2.72. The van der Waals surface area contributed by atoms with Crippen molar-refractivity contribution in [2.45, 2.75) is 26.7 Å². The monoisotopic (exact) mass is 283 g/mol. The minimum Gasteiger partial charge on any atom is -0.355 e. The van der Waals surface area contributed by atoms with E-state index in [9.17, 15) is 14.9 Å². The number of nitro groups is 1. The van der Waals surface area contributed by atoms with Gasteiger partial charge in [-0.3, -0.25) is 14.9 Å². The second-order valence-corrected chi connectivity index (χ2v) is 4.88. The van der Waals surface area contributed by atoms with Gasteiger partial charge in [0.25, 0.3) is 0 Å². The zero-order valence-electron chi connectivity index (χ0n) is 12.5. The predicted molar refractivity (Wildman–Crippen MR) is 75.8 cm³/mol. The van der Waals surface area contributed by atoms with Crippen LogP contribution in [0.4, 0.5) is 11.5 Å². The molecule has 0 saturated carbocycles. The summed E-state index contributed by atoms with van der Waals surface area (Å²) < 4.78 is 1.41. The van der Waals surface area contributed by atoms with Crippen LogP contribution in [0.25, 0.3) is 0 Å². The summed E-state index contributed by atoms with van der Waals surface area (Å²) in [6, 6.07) is 0. The van der Waals surface area contributed by atoms with Gasteiger partial charge in [-0.05, 0) is 6.92 Å². The second kappa shape index (κ2) is 6.36. The molecule has 1 aromatic rings. The molecule has 0 aromatic carbocycles. The summed E-state index contributed by atoms with van der Waals surface area (Å²) in [6.45, 7) is 6.14. The van der Waals surface area contributed by atoms with E-state index in [2.05, 4.69) is 10.4 Å². The Kier molecular flexibility index (Phi) is 5.06. The van der Waals surface area contributed by atoms with E-state index in [1.165, 1.54) is 4.68 Å². The molecule has 20 heavy (non-hydrogen) atoms. The fourth-order valence-corrected chi connectivity index (χ4v) is 1.77. The smallest absolute Gasteiger partial charge is 0.334 e. The number of amides is 1. The lowest BCUT2D eigenvalue weighted by atomic mass is 10.1. The van der Waals surface area contributed by atoms with Gasteiger partial charge in [0.15, 0.2) is 0 Å². The number of nitrogens with one attached hydrogen (secondary N) is 1. The third-order valence-electron chi connectivity index (χ3n) is 3.08. The van der Waals surface area contributed by atoms with Gasteiger partial charge in [0.1, 0.15) is 5.69 Å². The van der Waals surface area contributed by atoms with Crippen molar-refractivity contribution in [2.75, 3.05) is 25.5 Å². The van der Waals surface area contributed by atoms with E-state index in [4.69, 9.17) is 0 Å². The molecular formula is C12H21N5O3. The van der Waals surface area contributed by atoms with Gasteiger partial charge >= 0.3 is 5.69 Å². The summed E-state index contributed by atoms with van der Waals surface area (Å²) in [5.74, 6) is 0.0665. The van der Waals surface area contributed by atoms with Crippen LogP contribution in [-0.2, 0) is 11.8 Å². The highest BCUT2D eigenvalue weighted by molar-refractivity contribution is 5.81. The van der Waals surface area contributed by atoms with Crippen molar-refractivity contribution < 1.29 is 9.72 Å². The number of aromatic nitrogens is 2. The number of nitrogens with zero attached hydrogens (tertiary/aromatic N) is 4. The fraction of sp³-hybridized carbons (Fsp3) is 0.667. The molecule has 0 aliphatic carbocycles. The number of aryl methyl sites for hydroxylation is 1. The number of hydrogen-bond donors (Lipinski definition) is 1. The molecule has 0 atom stereocenters. The summed E-state index contributed by atoms with van der Waals surface area (Å²) in [5, 5.41) is 18.2. The molecule has 0 saturated heterocycles. The zero-order valence-corrected chi connectivity index (χ0v) is 12.5. The lowest BCUT2D eigenvalue weighted by Gasteiger charge is -2.14. The first-order valence-corrected chi connectivity index (χ1v) is 6.48. The maximum atomic E-state index is 11.7. The van der Waals surface area contributed by atoms with Gasteiger partial charge < -0.3 is 10.2 Å². The van der Waals surface area contributed by atoms with Gasteiger partial charge in [0.05, 0.1) is 11.5 Å². The number of carbonyl (C=O) groups is 1. The minimum absolute atomic E-state index is 0.00223. The molecular weight excluding hydrogens is 262 g/mol. The first-order valence-electron chi connectivity index (χ1n) is 6.48. The van der Waals surface area contributed by atoms with Crippen molar-refractivity contribution in [3.63, 3.8) is 0 Å². The van der Waals surface area contributed by atoms with E-state index >= 15 is 0 Å². The van der Waals surface area contributed by atoms with Crippen LogP contribution in [0.2, 0.25) is 0 Å². The lowest BCUT2D eigenvalue weighted by Crippen LogP contribution is -2.32. The molecule has 1 heterocycles. The second-order valence-electron chi connectivity index (χ2n) is 4.88. The highest BCUT2D eigenvalue weighted by Crippen LogP contribution is 2.32. The maximum absolute atomic E-state index is 11.7. The van der Waals surface area contributed by atoms with Crippen LogP contribution in [0.3, 0.4) is 0 Å². The molecule has 1 rings (SSSR count). The molecule has 1 aromatic heterocycles. The SMILES string of the molecule is CCN(C)C(=O)CNc1c([N+](=O)[O-])c(C(C)C)nn1C. The molecule has 0 spiro atoms. The molecule has 0 aliphatic rings. The van der Waals surface area contributed by atoms with E-state index in [0.717, 1.165) is 0 Å². The largest absolute Gasteiger partial charge is 0.355 e. The molecule has 0 bridgehead atoms. The molecule has 112 valence electrons. The Hall–Kier alpha value is -2.12. The van der Waals surface area contributed by atoms with Gasteiger partial charge in [-0.25, -0.2) is 4.68 Å². The van der Waals surface area contributed by atoms with E-state index < -0.39 is 4.92 Å². The minimum atomic E-state index is -0.460. The maximum Gasteiger partial charge on any atom is 0.334 e. The average molecular weight is 283 g/mol. The summed E-state index contributed by atoms with van der Waals surface area (Å²) >= 11 is 0. The van der Waals surface area contributed by atoms with Crippen molar-refractivity contribution in [3.8, 4) is 0 Å². The number of hydrogen-bond acceptors (Lipinski definition) is 5. The molecule has 0 unspecified atom stereocenters. The van der Waals surface area contributed by atoms with Crippen molar-refractivity contribution in [3.05, 3.63) is 15.8 Å². The van der Waals surface area contributed by atoms with Gasteiger partial charge in [-0.2, -0.15) is 5.10 Å².